The lowest BCUT2D eigenvalue weighted by atomic mass is 10.1. The summed E-state index contributed by atoms with van der Waals surface area (Å²) in [6.07, 6.45) is 1.71. The molecule has 0 atom stereocenters. The van der Waals surface area contributed by atoms with Crippen molar-refractivity contribution in [2.24, 2.45) is 5.18 Å². The minimum atomic E-state index is -4.73. The molecule has 1 aromatic heterocycles. The first-order chi connectivity index (χ1) is 20.0. The van der Waals surface area contributed by atoms with Crippen LogP contribution in [0.2, 0.25) is 0 Å². The first-order valence-corrected chi connectivity index (χ1v) is 14.7. The van der Waals surface area contributed by atoms with Crippen LogP contribution in [-0.2, 0) is 26.8 Å². The summed E-state index contributed by atoms with van der Waals surface area (Å²) in [4.78, 5) is 12.5. The summed E-state index contributed by atoms with van der Waals surface area (Å²) < 4.78 is 62.7. The molecule has 0 radical (unpaired) electrons. The van der Waals surface area contributed by atoms with Gasteiger partial charge in [0, 0.05) is 28.3 Å². The van der Waals surface area contributed by atoms with Crippen molar-refractivity contribution in [2.45, 2.75) is 16.3 Å². The Kier molecular flexibility index (Phi) is 9.57. The van der Waals surface area contributed by atoms with Crippen molar-refractivity contribution < 1.29 is 31.0 Å². The summed E-state index contributed by atoms with van der Waals surface area (Å²) in [6, 6.07) is 17.1. The number of anilines is 5. The molecule has 0 amide bonds. The van der Waals surface area contributed by atoms with Crippen LogP contribution < -0.4 is 28.7 Å². The van der Waals surface area contributed by atoms with Crippen LogP contribution >= 0.6 is 0 Å². The third-order valence-electron chi connectivity index (χ3n) is 5.86. The van der Waals surface area contributed by atoms with Gasteiger partial charge in [-0.1, -0.05) is 17.3 Å². The van der Waals surface area contributed by atoms with Gasteiger partial charge in [-0.3, -0.25) is 14.1 Å². The van der Waals surface area contributed by atoms with Gasteiger partial charge in [0.15, 0.2) is 0 Å². The molecule has 13 N–H and O–H groups in total. The van der Waals surface area contributed by atoms with E-state index in [-0.39, 0.29) is 23.0 Å². The number of nitrogens with two attached hydrogens (primary N) is 5. The molecule has 1 heterocycles. The fourth-order valence-corrected chi connectivity index (χ4v) is 5.05. The van der Waals surface area contributed by atoms with E-state index in [0.29, 0.717) is 17.1 Å². The number of phenolic OH excluding ortho intramolecular Hbond substituents is 1. The summed E-state index contributed by atoms with van der Waals surface area (Å²) in [5, 5.41) is 13.4. The summed E-state index contributed by atoms with van der Waals surface area (Å²) in [6.45, 7) is 0.222. The van der Waals surface area contributed by atoms with E-state index >= 15 is 0 Å². The number of hydrogen-bond acceptors (Lipinski definition) is 13. The first kappa shape index (κ1) is 32.3. The average molecular weight is 630 g/mol. The number of aromatic hydroxyl groups is 1. The van der Waals surface area contributed by atoms with Gasteiger partial charge in [0.1, 0.15) is 22.1 Å². The Bertz CT molecular complexity index is 1990. The standard InChI is InChI=1S/C10H10N2O7S2.C9H9N3.C7H8N2O/c11-6-3-5-4(1-7(6)20(14,15)16)2-8(21(17,18)19)9(12)10(5)13;10-7-3-4-8(11)9-6(7)2-1-5-12-9;8-7-3-1-6(2-4-7)5-9-10/h1-3,13H,11-12H2,(H,14,15,16)(H,17,18,19);1-5H,10-11H2;1-4H,5,8H2. The topological polar surface area (TPSA) is 301 Å². The Balaban J connectivity index is 0.000000194. The van der Waals surface area contributed by atoms with E-state index < -0.39 is 41.5 Å². The van der Waals surface area contributed by atoms with E-state index in [4.69, 9.17) is 37.8 Å². The number of nitroso groups, excluding NO2 is 1. The molecule has 0 aliphatic carbocycles. The number of phenols is 1. The Morgan fingerprint density at radius 3 is 1.86 bits per heavy atom. The number of pyridine rings is 1. The van der Waals surface area contributed by atoms with Crippen molar-refractivity contribution in [3.8, 4) is 5.75 Å². The van der Waals surface area contributed by atoms with Gasteiger partial charge in [0.2, 0.25) is 0 Å². The monoisotopic (exact) mass is 629 g/mol. The fraction of sp³-hybridized carbons (Fsp3) is 0.0385. The predicted molar refractivity (Wildman–Crippen MR) is 165 cm³/mol. The van der Waals surface area contributed by atoms with Crippen molar-refractivity contribution in [3.63, 3.8) is 0 Å². The molecule has 0 spiro atoms. The molecule has 0 aliphatic rings. The lowest BCUT2D eigenvalue weighted by Crippen LogP contribution is -2.06. The summed E-state index contributed by atoms with van der Waals surface area (Å²) >= 11 is 0. The Hall–Kier alpha value is -5.23. The van der Waals surface area contributed by atoms with E-state index in [1.165, 1.54) is 0 Å². The largest absolute Gasteiger partial charge is 0.505 e. The number of benzene rings is 4. The molecular formula is C26H27N7O8S2. The molecule has 0 saturated carbocycles. The number of hydrogen-bond donors (Lipinski definition) is 8. The van der Waals surface area contributed by atoms with Crippen LogP contribution in [0.15, 0.2) is 87.9 Å². The molecule has 0 bridgehead atoms. The average Bonchev–Trinajstić information content (AvgIpc) is 2.94. The zero-order valence-corrected chi connectivity index (χ0v) is 23.7. The molecule has 17 heteroatoms. The number of nitrogens with zero attached hydrogens (tertiary/aromatic N) is 2. The number of rotatable bonds is 4. The zero-order chi connectivity index (χ0) is 32.1. The molecule has 0 fully saturated rings. The van der Waals surface area contributed by atoms with E-state index in [1.54, 1.807) is 42.6 Å². The maximum absolute atomic E-state index is 11.2. The van der Waals surface area contributed by atoms with Crippen LogP contribution in [-0.4, -0.2) is 36.0 Å². The van der Waals surface area contributed by atoms with E-state index in [1.807, 2.05) is 12.1 Å². The van der Waals surface area contributed by atoms with E-state index in [0.717, 1.165) is 34.7 Å². The van der Waals surface area contributed by atoms with Crippen LogP contribution in [0.5, 0.6) is 5.75 Å². The lowest BCUT2D eigenvalue weighted by molar-refractivity contribution is 0.473. The SMILES string of the molecule is Nc1cc2c(O)c(N)c(S(=O)(=O)O)cc2cc1S(=O)(=O)O.Nc1ccc(CN=O)cc1.Nc1ccc(N)c2ncccc12. The summed E-state index contributed by atoms with van der Waals surface area (Å²) in [5.74, 6) is -0.686. The Morgan fingerprint density at radius 2 is 1.30 bits per heavy atom. The second-order valence-electron chi connectivity index (χ2n) is 8.87. The minimum absolute atomic E-state index is 0.0372. The number of aromatic nitrogens is 1. The Morgan fingerprint density at radius 1 is 0.721 bits per heavy atom. The van der Waals surface area contributed by atoms with Crippen LogP contribution in [0.4, 0.5) is 28.4 Å². The third kappa shape index (κ3) is 7.74. The second-order valence-corrected chi connectivity index (χ2v) is 11.7. The molecule has 5 rings (SSSR count). The maximum Gasteiger partial charge on any atom is 0.296 e. The molecule has 0 unspecified atom stereocenters. The van der Waals surface area contributed by atoms with Crippen LogP contribution in [0.25, 0.3) is 21.7 Å². The summed E-state index contributed by atoms with van der Waals surface area (Å²) in [5.41, 5.74) is 30.5. The molecule has 0 saturated heterocycles. The maximum atomic E-state index is 11.2. The molecule has 226 valence electrons. The highest BCUT2D eigenvalue weighted by Crippen LogP contribution is 2.38. The number of nitrogen functional groups attached to an aromatic ring is 5. The highest BCUT2D eigenvalue weighted by atomic mass is 32.2. The number of fused-ring (bicyclic) bond motifs is 2. The molecular weight excluding hydrogens is 602 g/mol. The lowest BCUT2D eigenvalue weighted by Gasteiger charge is -2.11. The van der Waals surface area contributed by atoms with Gasteiger partial charge in [-0.25, -0.2) is 0 Å². The van der Waals surface area contributed by atoms with Crippen molar-refractivity contribution >= 4 is 70.3 Å². The second kappa shape index (κ2) is 12.7. The molecule has 15 nitrogen and oxygen atoms in total. The van der Waals surface area contributed by atoms with Gasteiger partial charge >= 0.3 is 0 Å². The van der Waals surface area contributed by atoms with Crippen molar-refractivity contribution in [2.75, 3.05) is 28.7 Å². The normalized spacial score (nSPS) is 11.2. The van der Waals surface area contributed by atoms with Crippen LogP contribution in [0.3, 0.4) is 0 Å². The van der Waals surface area contributed by atoms with Crippen molar-refractivity contribution in [1.82, 2.24) is 4.98 Å². The highest BCUT2D eigenvalue weighted by Gasteiger charge is 2.22. The molecule has 4 aromatic carbocycles. The van der Waals surface area contributed by atoms with Gasteiger partial charge in [-0.2, -0.15) is 21.7 Å². The summed E-state index contributed by atoms with van der Waals surface area (Å²) in [7, 11) is -9.38. The van der Waals surface area contributed by atoms with Gasteiger partial charge < -0.3 is 33.8 Å². The van der Waals surface area contributed by atoms with E-state index in [2.05, 4.69) is 10.2 Å². The smallest absolute Gasteiger partial charge is 0.296 e. The van der Waals surface area contributed by atoms with Crippen molar-refractivity contribution in [3.05, 3.63) is 83.4 Å². The highest BCUT2D eigenvalue weighted by molar-refractivity contribution is 7.86. The minimum Gasteiger partial charge on any atom is -0.505 e. The quantitative estimate of drug-likeness (QED) is 0.0613. The third-order valence-corrected chi connectivity index (χ3v) is 7.66. The predicted octanol–water partition coefficient (Wildman–Crippen LogP) is 3.14. The van der Waals surface area contributed by atoms with Gasteiger partial charge in [-0.15, -0.1) is 0 Å². The Labute approximate surface area is 245 Å². The van der Waals surface area contributed by atoms with Gasteiger partial charge in [0.05, 0.1) is 22.6 Å². The molecule has 5 aromatic rings. The van der Waals surface area contributed by atoms with E-state index in [9.17, 15) is 26.8 Å². The fourth-order valence-electron chi connectivity index (χ4n) is 3.77. The zero-order valence-electron chi connectivity index (χ0n) is 22.1. The molecule has 0 aliphatic heterocycles. The molecule has 43 heavy (non-hydrogen) atoms. The van der Waals surface area contributed by atoms with Gasteiger partial charge in [-0.05, 0) is 65.5 Å². The first-order valence-electron chi connectivity index (χ1n) is 11.9. The van der Waals surface area contributed by atoms with Gasteiger partial charge in [0.25, 0.3) is 20.2 Å². The van der Waals surface area contributed by atoms with Crippen LogP contribution in [0, 0.1) is 4.91 Å². The van der Waals surface area contributed by atoms with Crippen molar-refractivity contribution in [1.29, 1.82) is 0 Å². The van der Waals surface area contributed by atoms with Crippen LogP contribution in [0.1, 0.15) is 5.56 Å².